The van der Waals surface area contributed by atoms with Gasteiger partial charge in [0.1, 0.15) is 11.6 Å². The Hall–Kier alpha value is -1.00. The van der Waals surface area contributed by atoms with E-state index in [0.717, 1.165) is 6.07 Å². The molecule has 0 aliphatic heterocycles. The van der Waals surface area contributed by atoms with Gasteiger partial charge in [0.25, 0.3) is 0 Å². The van der Waals surface area contributed by atoms with Crippen LogP contribution in [0.5, 0.6) is 0 Å². The van der Waals surface area contributed by atoms with E-state index in [4.69, 9.17) is 5.11 Å². The average Bonchev–Trinajstić information content (AvgIpc) is 2.47. The van der Waals surface area contributed by atoms with E-state index in [1.165, 1.54) is 17.4 Å². The second kappa shape index (κ2) is 3.05. The lowest BCUT2D eigenvalue weighted by Gasteiger charge is -1.96. The molecule has 68 valence electrons. The molecule has 0 amide bonds. The summed E-state index contributed by atoms with van der Waals surface area (Å²) in [4.78, 5) is 0. The Kier molecular flexibility index (Phi) is 2.01. The zero-order chi connectivity index (χ0) is 9.42. The molecule has 1 nitrogen and oxygen atoms in total. The van der Waals surface area contributed by atoms with Crippen LogP contribution < -0.4 is 0 Å². The normalized spacial score (nSPS) is 11.0. The summed E-state index contributed by atoms with van der Waals surface area (Å²) >= 11 is 1.23. The fourth-order valence-electron chi connectivity index (χ4n) is 1.26. The third kappa shape index (κ3) is 1.32. The molecule has 0 spiro atoms. The molecule has 1 heterocycles. The molecule has 0 saturated heterocycles. The van der Waals surface area contributed by atoms with E-state index in [-0.39, 0.29) is 6.61 Å². The molecule has 13 heavy (non-hydrogen) atoms. The Morgan fingerprint density at radius 2 is 2.08 bits per heavy atom. The molecule has 4 heteroatoms. The van der Waals surface area contributed by atoms with Gasteiger partial charge in [0.2, 0.25) is 0 Å². The number of fused-ring (bicyclic) bond motifs is 1. The number of hydrogen-bond acceptors (Lipinski definition) is 2. The second-order valence-electron chi connectivity index (χ2n) is 2.68. The summed E-state index contributed by atoms with van der Waals surface area (Å²) in [5.41, 5.74) is 0.512. The van der Waals surface area contributed by atoms with E-state index in [1.807, 2.05) is 0 Å². The lowest BCUT2D eigenvalue weighted by molar-refractivity contribution is 0.283. The van der Waals surface area contributed by atoms with Crippen LogP contribution in [0.1, 0.15) is 5.56 Å². The van der Waals surface area contributed by atoms with Gasteiger partial charge in [-0.2, -0.15) is 0 Å². The standard InChI is InChI=1S/C9H6F2OS/c10-6-1-7(11)9-5(3-12)4-13-8(9)2-6/h1-2,4,12H,3H2. The Morgan fingerprint density at radius 1 is 1.31 bits per heavy atom. The van der Waals surface area contributed by atoms with Crippen molar-refractivity contribution >= 4 is 21.4 Å². The van der Waals surface area contributed by atoms with Crippen molar-refractivity contribution in [1.82, 2.24) is 0 Å². The minimum absolute atomic E-state index is 0.220. The van der Waals surface area contributed by atoms with E-state index in [1.54, 1.807) is 5.38 Å². The van der Waals surface area contributed by atoms with Gasteiger partial charge in [-0.15, -0.1) is 11.3 Å². The molecule has 0 atom stereocenters. The molecule has 0 radical (unpaired) electrons. The fraction of sp³-hybridized carbons (Fsp3) is 0.111. The van der Waals surface area contributed by atoms with Crippen LogP contribution in [0.4, 0.5) is 8.78 Å². The number of aliphatic hydroxyl groups excluding tert-OH is 1. The molecule has 1 N–H and O–H groups in total. The van der Waals surface area contributed by atoms with Crippen molar-refractivity contribution in [1.29, 1.82) is 0 Å². The minimum Gasteiger partial charge on any atom is -0.392 e. The summed E-state index contributed by atoms with van der Waals surface area (Å²) in [5.74, 6) is -1.20. The summed E-state index contributed by atoms with van der Waals surface area (Å²) < 4.78 is 26.4. The SMILES string of the molecule is OCc1csc2cc(F)cc(F)c12. The monoisotopic (exact) mass is 200 g/mol. The Labute approximate surface area is 77.2 Å². The van der Waals surface area contributed by atoms with E-state index >= 15 is 0 Å². The van der Waals surface area contributed by atoms with Gasteiger partial charge in [-0.1, -0.05) is 0 Å². The average molecular weight is 200 g/mol. The highest BCUT2D eigenvalue weighted by Gasteiger charge is 2.09. The van der Waals surface area contributed by atoms with Gasteiger partial charge >= 0.3 is 0 Å². The zero-order valence-electron chi connectivity index (χ0n) is 6.55. The fourth-order valence-corrected chi connectivity index (χ4v) is 2.25. The van der Waals surface area contributed by atoms with Crippen LogP contribution in [0.3, 0.4) is 0 Å². The van der Waals surface area contributed by atoms with Gasteiger partial charge < -0.3 is 5.11 Å². The van der Waals surface area contributed by atoms with Crippen LogP contribution in [-0.4, -0.2) is 5.11 Å². The van der Waals surface area contributed by atoms with Gasteiger partial charge in [0, 0.05) is 16.2 Å². The van der Waals surface area contributed by atoms with Gasteiger partial charge in [-0.05, 0) is 17.0 Å². The van der Waals surface area contributed by atoms with E-state index in [0.29, 0.717) is 15.6 Å². The first kappa shape index (κ1) is 8.59. The highest BCUT2D eigenvalue weighted by atomic mass is 32.1. The Bertz CT molecular complexity index is 450. The minimum atomic E-state index is -0.611. The maximum absolute atomic E-state index is 13.2. The predicted octanol–water partition coefficient (Wildman–Crippen LogP) is 2.67. The van der Waals surface area contributed by atoms with Crippen molar-refractivity contribution in [2.45, 2.75) is 6.61 Å². The van der Waals surface area contributed by atoms with Crippen LogP contribution in [0, 0.1) is 11.6 Å². The van der Waals surface area contributed by atoms with Crippen molar-refractivity contribution in [3.05, 3.63) is 34.7 Å². The summed E-state index contributed by atoms with van der Waals surface area (Å²) in [6.45, 7) is -0.220. The van der Waals surface area contributed by atoms with Crippen LogP contribution in [-0.2, 0) is 6.61 Å². The van der Waals surface area contributed by atoms with Crippen LogP contribution in [0.25, 0.3) is 10.1 Å². The van der Waals surface area contributed by atoms with Gasteiger partial charge in [0.05, 0.1) is 6.61 Å². The van der Waals surface area contributed by atoms with Gasteiger partial charge in [-0.3, -0.25) is 0 Å². The maximum Gasteiger partial charge on any atom is 0.135 e. The smallest absolute Gasteiger partial charge is 0.135 e. The Morgan fingerprint density at radius 3 is 2.77 bits per heavy atom. The largest absolute Gasteiger partial charge is 0.392 e. The molecule has 0 aliphatic rings. The van der Waals surface area contributed by atoms with Crippen molar-refractivity contribution < 1.29 is 13.9 Å². The quantitative estimate of drug-likeness (QED) is 0.750. The molecule has 1 aromatic heterocycles. The highest BCUT2D eigenvalue weighted by molar-refractivity contribution is 7.17. The zero-order valence-corrected chi connectivity index (χ0v) is 7.37. The highest BCUT2D eigenvalue weighted by Crippen LogP contribution is 2.29. The molecule has 0 saturated carbocycles. The number of thiophene rings is 1. The number of aliphatic hydroxyl groups is 1. The van der Waals surface area contributed by atoms with Crippen molar-refractivity contribution in [3.63, 3.8) is 0 Å². The van der Waals surface area contributed by atoms with Crippen molar-refractivity contribution in [2.24, 2.45) is 0 Å². The van der Waals surface area contributed by atoms with Crippen LogP contribution in [0.2, 0.25) is 0 Å². The summed E-state index contributed by atoms with van der Waals surface area (Å²) in [5, 5.41) is 10.8. The topological polar surface area (TPSA) is 20.2 Å². The maximum atomic E-state index is 13.2. The van der Waals surface area contributed by atoms with E-state index < -0.39 is 11.6 Å². The number of benzene rings is 1. The number of rotatable bonds is 1. The van der Waals surface area contributed by atoms with Gasteiger partial charge in [0.15, 0.2) is 0 Å². The number of halogens is 2. The summed E-state index contributed by atoms with van der Waals surface area (Å²) in [6, 6.07) is 2.09. The molecule has 2 rings (SSSR count). The van der Waals surface area contributed by atoms with E-state index in [9.17, 15) is 8.78 Å². The molecular formula is C9H6F2OS. The third-order valence-electron chi connectivity index (χ3n) is 1.84. The van der Waals surface area contributed by atoms with Crippen molar-refractivity contribution in [2.75, 3.05) is 0 Å². The van der Waals surface area contributed by atoms with Crippen LogP contribution in [0.15, 0.2) is 17.5 Å². The molecule has 0 bridgehead atoms. The molecule has 0 unspecified atom stereocenters. The first-order chi connectivity index (χ1) is 6.22. The molecule has 0 aliphatic carbocycles. The molecular weight excluding hydrogens is 194 g/mol. The molecule has 1 aromatic carbocycles. The van der Waals surface area contributed by atoms with Gasteiger partial charge in [-0.25, -0.2) is 8.78 Å². The summed E-state index contributed by atoms with van der Waals surface area (Å²) in [6.07, 6.45) is 0. The first-order valence-electron chi connectivity index (χ1n) is 3.68. The number of hydrogen-bond donors (Lipinski definition) is 1. The lowest BCUT2D eigenvalue weighted by atomic mass is 10.2. The first-order valence-corrected chi connectivity index (χ1v) is 4.56. The molecule has 0 fully saturated rings. The Balaban J connectivity index is 2.82. The van der Waals surface area contributed by atoms with Crippen LogP contribution >= 0.6 is 11.3 Å². The summed E-state index contributed by atoms with van der Waals surface area (Å²) in [7, 11) is 0. The van der Waals surface area contributed by atoms with Crippen molar-refractivity contribution in [3.8, 4) is 0 Å². The third-order valence-corrected chi connectivity index (χ3v) is 2.82. The second-order valence-corrected chi connectivity index (χ2v) is 3.59. The molecule has 2 aromatic rings. The predicted molar refractivity (Wildman–Crippen MR) is 47.7 cm³/mol. The van der Waals surface area contributed by atoms with E-state index in [2.05, 4.69) is 0 Å². The lowest BCUT2D eigenvalue weighted by Crippen LogP contribution is -1.84.